The molecule has 0 spiro atoms. The van der Waals surface area contributed by atoms with Crippen molar-refractivity contribution in [3.63, 3.8) is 0 Å². The van der Waals surface area contributed by atoms with Crippen LogP contribution in [-0.2, 0) is 10.5 Å². The summed E-state index contributed by atoms with van der Waals surface area (Å²) in [4.78, 5) is 12.4. The number of hydrogen-bond acceptors (Lipinski definition) is 7. The molecule has 0 radical (unpaired) electrons. The lowest BCUT2D eigenvalue weighted by Gasteiger charge is -2.08. The number of benzene rings is 1. The second-order valence-corrected chi connectivity index (χ2v) is 7.08. The number of imidazole rings is 1. The number of methoxy groups -OCH3 is 2. The molecule has 28 heavy (non-hydrogen) atoms. The van der Waals surface area contributed by atoms with E-state index in [1.165, 1.54) is 7.11 Å². The predicted octanol–water partition coefficient (Wildman–Crippen LogP) is 3.85. The van der Waals surface area contributed by atoms with Gasteiger partial charge in [-0.25, -0.2) is 4.98 Å². The monoisotopic (exact) mass is 400 g/mol. The average Bonchev–Trinajstić information content (AvgIpc) is 3.12. The van der Waals surface area contributed by atoms with Crippen LogP contribution in [0.4, 0.5) is 5.69 Å². The molecule has 1 aromatic carbocycles. The summed E-state index contributed by atoms with van der Waals surface area (Å²) in [7, 11) is 3.14. The van der Waals surface area contributed by atoms with Crippen LogP contribution >= 0.6 is 11.8 Å². The lowest BCUT2D eigenvalue weighted by Crippen LogP contribution is -2.06. The number of aliphatic hydroxyl groups excluding tert-OH is 1. The summed E-state index contributed by atoms with van der Waals surface area (Å²) in [5, 5.41) is 13.4. The molecule has 148 valence electrons. The molecule has 3 aromatic rings. The van der Waals surface area contributed by atoms with Crippen LogP contribution in [-0.4, -0.2) is 40.6 Å². The largest absolute Gasteiger partial charge is 0.496 e. The molecule has 0 bridgehead atoms. The minimum Gasteiger partial charge on any atom is -0.496 e. The maximum atomic E-state index is 9.35. The van der Waals surface area contributed by atoms with Crippen LogP contribution in [0, 0.1) is 6.92 Å². The number of nitrogens with one attached hydrogen (secondary N) is 2. The molecule has 1 atom stereocenters. The molecule has 7 nitrogen and oxygen atoms in total. The zero-order valence-electron chi connectivity index (χ0n) is 16.1. The van der Waals surface area contributed by atoms with E-state index in [2.05, 4.69) is 20.3 Å². The highest BCUT2D eigenvalue weighted by Gasteiger charge is 2.09. The van der Waals surface area contributed by atoms with E-state index >= 15 is 0 Å². The predicted molar refractivity (Wildman–Crippen MR) is 112 cm³/mol. The number of aromatic amines is 1. The Hall–Kier alpha value is -2.55. The first kappa shape index (κ1) is 20.2. The fourth-order valence-electron chi connectivity index (χ4n) is 2.64. The van der Waals surface area contributed by atoms with Crippen LogP contribution < -0.4 is 10.1 Å². The molecule has 8 heteroatoms. The van der Waals surface area contributed by atoms with Crippen molar-refractivity contribution >= 4 is 28.5 Å². The molecule has 0 saturated carbocycles. The number of aliphatic hydroxyl groups is 1. The van der Waals surface area contributed by atoms with Crippen LogP contribution in [0.15, 0.2) is 47.9 Å². The van der Waals surface area contributed by atoms with Gasteiger partial charge in [-0.15, -0.1) is 0 Å². The Morgan fingerprint density at radius 1 is 1.32 bits per heavy atom. The zero-order chi connectivity index (χ0) is 19.9. The van der Waals surface area contributed by atoms with Crippen LogP contribution in [0.25, 0.3) is 11.0 Å². The summed E-state index contributed by atoms with van der Waals surface area (Å²) in [5.41, 5.74) is 4.82. The van der Waals surface area contributed by atoms with E-state index in [-0.39, 0.29) is 0 Å². The minimum absolute atomic E-state index is 0.425. The lowest BCUT2D eigenvalue weighted by molar-refractivity contribution is -0.0702. The number of nitrogens with zero attached hydrogens (tertiary/aromatic N) is 2. The molecule has 0 saturated heterocycles. The zero-order valence-corrected chi connectivity index (χ0v) is 16.9. The van der Waals surface area contributed by atoms with E-state index < -0.39 is 6.29 Å². The number of H-pyrrole nitrogens is 1. The molecule has 0 amide bonds. The molecule has 0 aliphatic carbocycles. The fraction of sp³-hybridized carbons (Fsp3) is 0.300. The topological polar surface area (TPSA) is 92.3 Å². The summed E-state index contributed by atoms with van der Waals surface area (Å²) in [6, 6.07) is 7.79. The second-order valence-electron chi connectivity index (χ2n) is 6.12. The van der Waals surface area contributed by atoms with Gasteiger partial charge in [-0.1, -0.05) is 17.8 Å². The number of hydrogen-bond donors (Lipinski definition) is 3. The summed E-state index contributed by atoms with van der Waals surface area (Å²) < 4.78 is 10.1. The number of ether oxygens (including phenoxy) is 2. The third-order valence-corrected chi connectivity index (χ3v) is 5.15. The lowest BCUT2D eigenvalue weighted by atomic mass is 10.2. The van der Waals surface area contributed by atoms with E-state index in [1.807, 2.05) is 37.3 Å². The van der Waals surface area contributed by atoms with E-state index in [0.717, 1.165) is 38.9 Å². The van der Waals surface area contributed by atoms with E-state index in [9.17, 15) is 5.11 Å². The van der Waals surface area contributed by atoms with Crippen LogP contribution in [0.2, 0.25) is 0 Å². The van der Waals surface area contributed by atoms with E-state index in [0.29, 0.717) is 12.2 Å². The standard InChI is InChI=1S/C20H24N4O3S/c1-13-17(22-10-8-18(13)26-2)12-28-20-23-15-7-6-14(11-16(15)24-20)21-9-4-5-19(25)27-3/h4,6-11,19,21,25H,5,12H2,1-3H3,(H,23,24)/b9-4+. The van der Waals surface area contributed by atoms with Crippen molar-refractivity contribution in [3.05, 3.63) is 54.0 Å². The van der Waals surface area contributed by atoms with Gasteiger partial charge in [0.1, 0.15) is 5.75 Å². The number of anilines is 1. The summed E-state index contributed by atoms with van der Waals surface area (Å²) in [5.74, 6) is 1.55. The van der Waals surface area contributed by atoms with Gasteiger partial charge in [0.2, 0.25) is 0 Å². The maximum Gasteiger partial charge on any atom is 0.166 e. The number of fused-ring (bicyclic) bond motifs is 1. The van der Waals surface area contributed by atoms with Crippen molar-refractivity contribution in [2.75, 3.05) is 19.5 Å². The highest BCUT2D eigenvalue weighted by atomic mass is 32.2. The van der Waals surface area contributed by atoms with Crippen LogP contribution in [0.1, 0.15) is 17.7 Å². The van der Waals surface area contributed by atoms with Gasteiger partial charge >= 0.3 is 0 Å². The first-order valence-electron chi connectivity index (χ1n) is 8.84. The van der Waals surface area contributed by atoms with Gasteiger partial charge in [-0.3, -0.25) is 4.98 Å². The Morgan fingerprint density at radius 2 is 2.18 bits per heavy atom. The summed E-state index contributed by atoms with van der Waals surface area (Å²) in [6.07, 6.45) is 5.00. The highest BCUT2D eigenvalue weighted by molar-refractivity contribution is 7.98. The maximum absolute atomic E-state index is 9.35. The molecule has 3 rings (SSSR count). The van der Waals surface area contributed by atoms with Gasteiger partial charge < -0.3 is 24.9 Å². The Bertz CT molecular complexity index is 958. The van der Waals surface area contributed by atoms with Gasteiger partial charge in [0.05, 0.1) is 23.8 Å². The van der Waals surface area contributed by atoms with Crippen LogP contribution in [0.5, 0.6) is 5.75 Å². The molecular formula is C20H24N4O3S. The van der Waals surface area contributed by atoms with Crippen molar-refractivity contribution in [1.29, 1.82) is 0 Å². The first-order valence-corrected chi connectivity index (χ1v) is 9.82. The van der Waals surface area contributed by atoms with E-state index in [1.54, 1.807) is 31.3 Å². The van der Waals surface area contributed by atoms with Gasteiger partial charge in [-0.2, -0.15) is 0 Å². The summed E-state index contributed by atoms with van der Waals surface area (Å²) >= 11 is 1.60. The van der Waals surface area contributed by atoms with Gasteiger partial charge in [-0.05, 0) is 37.4 Å². The molecule has 2 heterocycles. The number of pyridine rings is 1. The van der Waals surface area contributed by atoms with Crippen molar-refractivity contribution in [1.82, 2.24) is 15.0 Å². The molecule has 0 aliphatic rings. The van der Waals surface area contributed by atoms with E-state index in [4.69, 9.17) is 9.47 Å². The molecule has 0 fully saturated rings. The Balaban J connectivity index is 1.64. The highest BCUT2D eigenvalue weighted by Crippen LogP contribution is 2.27. The Kier molecular flexibility index (Phi) is 6.91. The number of rotatable bonds is 9. The van der Waals surface area contributed by atoms with Gasteiger partial charge in [0.25, 0.3) is 0 Å². The van der Waals surface area contributed by atoms with Crippen molar-refractivity contribution in [2.24, 2.45) is 0 Å². The third kappa shape index (κ3) is 5.03. The second kappa shape index (κ2) is 9.59. The molecule has 3 N–H and O–H groups in total. The van der Waals surface area contributed by atoms with Gasteiger partial charge in [0, 0.05) is 36.7 Å². The summed E-state index contributed by atoms with van der Waals surface area (Å²) in [6.45, 7) is 2.01. The smallest absolute Gasteiger partial charge is 0.166 e. The Labute approximate surface area is 168 Å². The fourth-order valence-corrected chi connectivity index (χ4v) is 3.55. The normalized spacial score (nSPS) is 12.6. The van der Waals surface area contributed by atoms with Crippen molar-refractivity contribution < 1.29 is 14.6 Å². The van der Waals surface area contributed by atoms with Crippen LogP contribution in [0.3, 0.4) is 0 Å². The van der Waals surface area contributed by atoms with Crippen molar-refractivity contribution in [2.45, 2.75) is 30.5 Å². The molecule has 1 unspecified atom stereocenters. The number of thioether (sulfide) groups is 1. The third-order valence-electron chi connectivity index (χ3n) is 4.26. The quantitative estimate of drug-likeness (QED) is 0.371. The average molecular weight is 401 g/mol. The SMILES string of the molecule is COc1ccnc(CSc2nc3ccc(N/C=C/CC(O)OC)cc3[nH]2)c1C. The molecule has 0 aliphatic heterocycles. The molecular weight excluding hydrogens is 376 g/mol. The Morgan fingerprint density at radius 3 is 2.96 bits per heavy atom. The van der Waals surface area contributed by atoms with Gasteiger partial charge in [0.15, 0.2) is 11.4 Å². The van der Waals surface area contributed by atoms with Crippen molar-refractivity contribution in [3.8, 4) is 5.75 Å². The first-order chi connectivity index (χ1) is 13.6. The number of aromatic nitrogens is 3. The molecule has 2 aromatic heterocycles. The minimum atomic E-state index is -0.782.